The van der Waals surface area contributed by atoms with Crippen LogP contribution in [0.3, 0.4) is 0 Å². The van der Waals surface area contributed by atoms with Gasteiger partial charge in [0.05, 0.1) is 19.8 Å². The standard InChI is InChI=1S/C13H12O4/c1-7-11(14)8-5-4-6-9(16-2)10(8)12(15)13(7)17-3/h4-6H,1-3H3. The molecule has 0 saturated carbocycles. The molecule has 0 bridgehead atoms. The predicted octanol–water partition coefficient (Wildman–Crippen LogP) is 1.99. The number of methoxy groups -OCH3 is 2. The molecule has 17 heavy (non-hydrogen) atoms. The Bertz CT molecular complexity index is 540. The number of carbonyl (C=O) groups excluding carboxylic acids is 2. The number of rotatable bonds is 2. The Labute approximate surface area is 98.8 Å². The Morgan fingerprint density at radius 3 is 2.29 bits per heavy atom. The van der Waals surface area contributed by atoms with Crippen molar-refractivity contribution in [2.75, 3.05) is 14.2 Å². The third-order valence-corrected chi connectivity index (χ3v) is 2.81. The molecular weight excluding hydrogens is 220 g/mol. The molecule has 0 aliphatic heterocycles. The number of carbonyl (C=O) groups is 2. The van der Waals surface area contributed by atoms with E-state index in [0.717, 1.165) is 0 Å². The fraction of sp³-hybridized carbons (Fsp3) is 0.231. The number of hydrogen-bond donors (Lipinski definition) is 0. The average Bonchev–Trinajstić information content (AvgIpc) is 2.36. The first kappa shape index (κ1) is 11.4. The van der Waals surface area contributed by atoms with Crippen LogP contribution in [-0.2, 0) is 4.74 Å². The Balaban J connectivity index is 2.73. The summed E-state index contributed by atoms with van der Waals surface area (Å²) in [5.74, 6) is -0.0256. The monoisotopic (exact) mass is 232 g/mol. The third-order valence-electron chi connectivity index (χ3n) is 2.81. The van der Waals surface area contributed by atoms with Gasteiger partial charge in [-0.05, 0) is 13.0 Å². The fourth-order valence-electron chi connectivity index (χ4n) is 1.96. The van der Waals surface area contributed by atoms with Gasteiger partial charge in [0.1, 0.15) is 5.75 Å². The van der Waals surface area contributed by atoms with Gasteiger partial charge in [-0.2, -0.15) is 0 Å². The average molecular weight is 232 g/mol. The second kappa shape index (κ2) is 4.05. The summed E-state index contributed by atoms with van der Waals surface area (Å²) >= 11 is 0. The van der Waals surface area contributed by atoms with Crippen molar-refractivity contribution in [2.24, 2.45) is 0 Å². The normalized spacial score (nSPS) is 14.8. The van der Waals surface area contributed by atoms with Crippen LogP contribution in [0.2, 0.25) is 0 Å². The molecule has 1 aliphatic rings. The van der Waals surface area contributed by atoms with Crippen LogP contribution in [-0.4, -0.2) is 25.8 Å². The van der Waals surface area contributed by atoms with Gasteiger partial charge in [-0.3, -0.25) is 9.59 Å². The van der Waals surface area contributed by atoms with Gasteiger partial charge in [0.25, 0.3) is 0 Å². The second-order valence-corrected chi connectivity index (χ2v) is 3.70. The minimum atomic E-state index is -0.308. The molecule has 0 heterocycles. The molecule has 88 valence electrons. The van der Waals surface area contributed by atoms with Gasteiger partial charge >= 0.3 is 0 Å². The third kappa shape index (κ3) is 1.53. The summed E-state index contributed by atoms with van der Waals surface area (Å²) < 4.78 is 10.1. The van der Waals surface area contributed by atoms with Crippen LogP contribution < -0.4 is 4.74 Å². The number of hydrogen-bond acceptors (Lipinski definition) is 4. The molecule has 0 spiro atoms. The fourth-order valence-corrected chi connectivity index (χ4v) is 1.96. The zero-order valence-corrected chi connectivity index (χ0v) is 9.87. The molecule has 0 N–H and O–H groups in total. The predicted molar refractivity (Wildman–Crippen MR) is 61.4 cm³/mol. The zero-order chi connectivity index (χ0) is 12.6. The first-order valence-corrected chi connectivity index (χ1v) is 5.13. The quantitative estimate of drug-likeness (QED) is 0.782. The lowest BCUT2D eigenvalue weighted by atomic mass is 9.88. The molecule has 0 radical (unpaired) electrons. The van der Waals surface area contributed by atoms with Crippen molar-refractivity contribution in [1.29, 1.82) is 0 Å². The van der Waals surface area contributed by atoms with Crippen molar-refractivity contribution in [3.8, 4) is 5.75 Å². The van der Waals surface area contributed by atoms with E-state index in [1.165, 1.54) is 14.2 Å². The minimum Gasteiger partial charge on any atom is -0.496 e. The molecule has 0 fully saturated rings. The number of Topliss-reactive ketones (excluding diaryl/α,β-unsaturated/α-hetero) is 2. The molecule has 0 saturated heterocycles. The Hall–Kier alpha value is -2.10. The van der Waals surface area contributed by atoms with Gasteiger partial charge in [0.2, 0.25) is 5.78 Å². The molecule has 2 rings (SSSR count). The van der Waals surface area contributed by atoms with E-state index in [4.69, 9.17) is 9.47 Å². The maximum absolute atomic E-state index is 12.2. The van der Waals surface area contributed by atoms with Crippen LogP contribution in [0.25, 0.3) is 0 Å². The molecule has 0 aromatic heterocycles. The molecular formula is C13H12O4. The van der Waals surface area contributed by atoms with E-state index in [9.17, 15) is 9.59 Å². The molecule has 0 unspecified atom stereocenters. The molecule has 4 nitrogen and oxygen atoms in total. The van der Waals surface area contributed by atoms with E-state index < -0.39 is 0 Å². The van der Waals surface area contributed by atoms with Gasteiger partial charge in [-0.15, -0.1) is 0 Å². The highest BCUT2D eigenvalue weighted by Crippen LogP contribution is 2.32. The summed E-state index contributed by atoms with van der Waals surface area (Å²) in [5, 5.41) is 0. The lowest BCUT2D eigenvalue weighted by Crippen LogP contribution is -2.22. The zero-order valence-electron chi connectivity index (χ0n) is 9.87. The first-order valence-electron chi connectivity index (χ1n) is 5.13. The molecule has 0 atom stereocenters. The summed E-state index contributed by atoms with van der Waals surface area (Å²) in [4.78, 5) is 24.2. The van der Waals surface area contributed by atoms with Crippen molar-refractivity contribution in [2.45, 2.75) is 6.92 Å². The van der Waals surface area contributed by atoms with Crippen LogP contribution in [0.4, 0.5) is 0 Å². The summed E-state index contributed by atoms with van der Waals surface area (Å²) in [7, 11) is 2.84. The van der Waals surface area contributed by atoms with E-state index in [2.05, 4.69) is 0 Å². The summed E-state index contributed by atoms with van der Waals surface area (Å²) in [6.45, 7) is 1.58. The topological polar surface area (TPSA) is 52.6 Å². The van der Waals surface area contributed by atoms with Crippen LogP contribution >= 0.6 is 0 Å². The highest BCUT2D eigenvalue weighted by atomic mass is 16.5. The maximum atomic E-state index is 12.2. The van der Waals surface area contributed by atoms with Crippen molar-refractivity contribution in [3.63, 3.8) is 0 Å². The van der Waals surface area contributed by atoms with Crippen molar-refractivity contribution >= 4 is 11.6 Å². The van der Waals surface area contributed by atoms with Gasteiger partial charge in [-0.25, -0.2) is 0 Å². The van der Waals surface area contributed by atoms with Crippen LogP contribution in [0.15, 0.2) is 29.5 Å². The van der Waals surface area contributed by atoms with Gasteiger partial charge in [-0.1, -0.05) is 12.1 Å². The highest BCUT2D eigenvalue weighted by Gasteiger charge is 2.33. The first-order chi connectivity index (χ1) is 8.11. The van der Waals surface area contributed by atoms with Crippen molar-refractivity contribution in [1.82, 2.24) is 0 Å². The number of benzene rings is 1. The van der Waals surface area contributed by atoms with Gasteiger partial charge < -0.3 is 9.47 Å². The van der Waals surface area contributed by atoms with E-state index in [-0.39, 0.29) is 22.9 Å². The summed E-state index contributed by atoms with van der Waals surface area (Å²) in [5.41, 5.74) is 0.980. The van der Waals surface area contributed by atoms with Gasteiger partial charge in [0.15, 0.2) is 11.5 Å². The lowest BCUT2D eigenvalue weighted by Gasteiger charge is -2.19. The Kier molecular flexibility index (Phi) is 2.71. The summed E-state index contributed by atoms with van der Waals surface area (Å²) in [6, 6.07) is 4.96. The smallest absolute Gasteiger partial charge is 0.232 e. The molecule has 1 aromatic carbocycles. The largest absolute Gasteiger partial charge is 0.496 e. The van der Waals surface area contributed by atoms with Crippen molar-refractivity contribution in [3.05, 3.63) is 40.7 Å². The Morgan fingerprint density at radius 1 is 1.00 bits per heavy atom. The summed E-state index contributed by atoms with van der Waals surface area (Å²) in [6.07, 6.45) is 0. The van der Waals surface area contributed by atoms with E-state index in [1.54, 1.807) is 25.1 Å². The maximum Gasteiger partial charge on any atom is 0.232 e. The number of allylic oxidation sites excluding steroid dienone is 2. The van der Waals surface area contributed by atoms with E-state index in [0.29, 0.717) is 16.9 Å². The van der Waals surface area contributed by atoms with Crippen LogP contribution in [0, 0.1) is 0 Å². The Morgan fingerprint density at radius 2 is 1.71 bits per heavy atom. The molecule has 4 heteroatoms. The number of ketones is 2. The molecule has 0 amide bonds. The molecule has 1 aliphatic carbocycles. The van der Waals surface area contributed by atoms with Crippen LogP contribution in [0.1, 0.15) is 27.6 Å². The second-order valence-electron chi connectivity index (χ2n) is 3.70. The van der Waals surface area contributed by atoms with E-state index >= 15 is 0 Å². The van der Waals surface area contributed by atoms with Crippen LogP contribution in [0.5, 0.6) is 5.75 Å². The minimum absolute atomic E-state index is 0.0898. The van der Waals surface area contributed by atoms with Crippen molar-refractivity contribution < 1.29 is 19.1 Å². The number of fused-ring (bicyclic) bond motifs is 1. The highest BCUT2D eigenvalue weighted by molar-refractivity contribution is 6.26. The van der Waals surface area contributed by atoms with E-state index in [1.807, 2.05) is 0 Å². The lowest BCUT2D eigenvalue weighted by molar-refractivity contribution is 0.0903. The van der Waals surface area contributed by atoms with Gasteiger partial charge in [0, 0.05) is 11.1 Å². The SMILES string of the molecule is COC1=C(C)C(=O)c2cccc(OC)c2C1=O. The molecule has 1 aromatic rings. The number of ether oxygens (including phenoxy) is 2.